The summed E-state index contributed by atoms with van der Waals surface area (Å²) in [6.45, 7) is 7.08. The van der Waals surface area contributed by atoms with Gasteiger partial charge < -0.3 is 14.2 Å². The predicted octanol–water partition coefficient (Wildman–Crippen LogP) is 1.13. The number of rotatable bonds is 4. The average Bonchev–Trinajstić information content (AvgIpc) is 2.48. The minimum Gasteiger partial charge on any atom is -0.353 e. The third-order valence-corrected chi connectivity index (χ3v) is 1.37. The molecule has 0 saturated carbocycles. The molecule has 3 heteroatoms. The Labute approximate surface area is 61.3 Å². The number of ether oxygens (including phenoxy) is 3. The molecule has 1 fully saturated rings. The van der Waals surface area contributed by atoms with Crippen LogP contribution in [0.3, 0.4) is 0 Å². The van der Waals surface area contributed by atoms with E-state index in [-0.39, 0.29) is 12.1 Å². The highest BCUT2D eigenvalue weighted by Crippen LogP contribution is 2.28. The van der Waals surface area contributed by atoms with Crippen LogP contribution in [0.4, 0.5) is 0 Å². The molecule has 1 heterocycles. The summed E-state index contributed by atoms with van der Waals surface area (Å²) in [5.74, 6) is -0.353. The Kier molecular flexibility index (Phi) is 2.28. The second-order valence-electron chi connectivity index (χ2n) is 2.56. The van der Waals surface area contributed by atoms with Crippen molar-refractivity contribution in [2.75, 3.05) is 13.2 Å². The smallest absolute Gasteiger partial charge is 0.192 e. The topological polar surface area (TPSA) is 31.0 Å². The number of hydrogen-bond acceptors (Lipinski definition) is 3. The quantitative estimate of drug-likeness (QED) is 0.440. The molecule has 1 saturated heterocycles. The van der Waals surface area contributed by atoms with E-state index in [9.17, 15) is 0 Å². The van der Waals surface area contributed by atoms with Crippen molar-refractivity contribution in [3.05, 3.63) is 0 Å². The van der Waals surface area contributed by atoms with Crippen LogP contribution in [0.2, 0.25) is 0 Å². The molecular formula is C7H14O3. The zero-order chi connectivity index (χ0) is 7.61. The Morgan fingerprint density at radius 2 is 2.30 bits per heavy atom. The van der Waals surface area contributed by atoms with Crippen LogP contribution < -0.4 is 0 Å². The third-order valence-electron chi connectivity index (χ3n) is 1.37. The van der Waals surface area contributed by atoms with Gasteiger partial charge in [0.05, 0.1) is 0 Å². The maximum Gasteiger partial charge on any atom is 0.192 e. The summed E-state index contributed by atoms with van der Waals surface area (Å²) in [4.78, 5) is 0. The van der Waals surface area contributed by atoms with Crippen molar-refractivity contribution in [1.82, 2.24) is 0 Å². The van der Waals surface area contributed by atoms with Gasteiger partial charge in [0.2, 0.25) is 0 Å². The summed E-state index contributed by atoms with van der Waals surface area (Å²) in [7, 11) is 0. The van der Waals surface area contributed by atoms with E-state index in [2.05, 4.69) is 0 Å². The molecule has 10 heavy (non-hydrogen) atoms. The second-order valence-corrected chi connectivity index (χ2v) is 2.56. The van der Waals surface area contributed by atoms with Gasteiger partial charge in [0, 0.05) is 6.61 Å². The SMILES string of the molecule is CCOC(C)OC1(C)CO1. The molecule has 60 valence electrons. The lowest BCUT2D eigenvalue weighted by Crippen LogP contribution is -2.21. The molecular weight excluding hydrogens is 132 g/mol. The Morgan fingerprint density at radius 3 is 2.70 bits per heavy atom. The summed E-state index contributed by atoms with van der Waals surface area (Å²) < 4.78 is 15.5. The maximum absolute atomic E-state index is 5.34. The normalized spacial score (nSPS) is 33.9. The van der Waals surface area contributed by atoms with Crippen molar-refractivity contribution in [2.45, 2.75) is 32.8 Å². The highest BCUT2D eigenvalue weighted by molar-refractivity contribution is 4.75. The van der Waals surface area contributed by atoms with Crippen molar-refractivity contribution in [3.63, 3.8) is 0 Å². The van der Waals surface area contributed by atoms with Crippen LogP contribution >= 0.6 is 0 Å². The molecule has 3 nitrogen and oxygen atoms in total. The van der Waals surface area contributed by atoms with Gasteiger partial charge in [0.15, 0.2) is 12.1 Å². The molecule has 2 unspecified atom stereocenters. The van der Waals surface area contributed by atoms with Crippen LogP contribution in [0.15, 0.2) is 0 Å². The van der Waals surface area contributed by atoms with E-state index < -0.39 is 0 Å². The Bertz CT molecular complexity index is 109. The highest BCUT2D eigenvalue weighted by atomic mass is 16.8. The predicted molar refractivity (Wildman–Crippen MR) is 36.5 cm³/mol. The van der Waals surface area contributed by atoms with Crippen molar-refractivity contribution in [2.24, 2.45) is 0 Å². The molecule has 0 aromatic carbocycles. The van der Waals surface area contributed by atoms with Gasteiger partial charge in [0.1, 0.15) is 6.61 Å². The fourth-order valence-electron chi connectivity index (χ4n) is 0.789. The molecule has 0 aliphatic carbocycles. The Morgan fingerprint density at radius 1 is 1.70 bits per heavy atom. The molecule has 2 atom stereocenters. The average molecular weight is 146 g/mol. The fraction of sp³-hybridized carbons (Fsp3) is 1.00. The van der Waals surface area contributed by atoms with Crippen molar-refractivity contribution in [3.8, 4) is 0 Å². The zero-order valence-corrected chi connectivity index (χ0v) is 6.72. The molecule has 1 aliphatic heterocycles. The molecule has 0 radical (unpaired) electrons. The molecule has 0 bridgehead atoms. The molecule has 0 aromatic heterocycles. The van der Waals surface area contributed by atoms with Gasteiger partial charge in [-0.1, -0.05) is 0 Å². The summed E-state index contributed by atoms with van der Waals surface area (Å²) >= 11 is 0. The monoisotopic (exact) mass is 146 g/mol. The largest absolute Gasteiger partial charge is 0.353 e. The van der Waals surface area contributed by atoms with E-state index in [4.69, 9.17) is 14.2 Å². The Balaban J connectivity index is 2.11. The molecule has 1 aliphatic rings. The van der Waals surface area contributed by atoms with E-state index in [1.165, 1.54) is 0 Å². The summed E-state index contributed by atoms with van der Waals surface area (Å²) in [5, 5.41) is 0. The van der Waals surface area contributed by atoms with E-state index >= 15 is 0 Å². The Hall–Kier alpha value is -0.120. The number of epoxide rings is 1. The van der Waals surface area contributed by atoms with Crippen LogP contribution in [0, 0.1) is 0 Å². The van der Waals surface area contributed by atoms with Gasteiger partial charge in [-0.15, -0.1) is 0 Å². The minimum absolute atomic E-state index is 0.155. The highest BCUT2D eigenvalue weighted by Gasteiger charge is 2.42. The van der Waals surface area contributed by atoms with E-state index in [0.29, 0.717) is 13.2 Å². The van der Waals surface area contributed by atoms with Crippen LogP contribution in [-0.2, 0) is 14.2 Å². The third kappa shape index (κ3) is 2.25. The summed E-state index contributed by atoms with van der Waals surface area (Å²) in [5.41, 5.74) is 0. The van der Waals surface area contributed by atoms with Crippen LogP contribution in [0.5, 0.6) is 0 Å². The van der Waals surface area contributed by atoms with Gasteiger partial charge in [-0.05, 0) is 20.8 Å². The maximum atomic E-state index is 5.34. The molecule has 0 aromatic rings. The molecule has 0 N–H and O–H groups in total. The van der Waals surface area contributed by atoms with E-state index in [0.717, 1.165) is 0 Å². The van der Waals surface area contributed by atoms with Crippen LogP contribution in [-0.4, -0.2) is 25.3 Å². The first-order chi connectivity index (χ1) is 4.66. The second kappa shape index (κ2) is 2.86. The lowest BCUT2D eigenvalue weighted by molar-refractivity contribution is -0.189. The van der Waals surface area contributed by atoms with Crippen molar-refractivity contribution >= 4 is 0 Å². The van der Waals surface area contributed by atoms with Crippen LogP contribution in [0.25, 0.3) is 0 Å². The number of hydrogen-bond donors (Lipinski definition) is 0. The van der Waals surface area contributed by atoms with Crippen molar-refractivity contribution in [1.29, 1.82) is 0 Å². The molecule has 1 rings (SSSR count). The zero-order valence-electron chi connectivity index (χ0n) is 6.72. The van der Waals surface area contributed by atoms with Gasteiger partial charge in [-0.3, -0.25) is 0 Å². The van der Waals surface area contributed by atoms with Gasteiger partial charge in [-0.25, -0.2) is 0 Å². The molecule has 0 spiro atoms. The molecule has 0 amide bonds. The summed E-state index contributed by atoms with van der Waals surface area (Å²) in [6, 6.07) is 0. The van der Waals surface area contributed by atoms with Gasteiger partial charge in [0.25, 0.3) is 0 Å². The van der Waals surface area contributed by atoms with Gasteiger partial charge >= 0.3 is 0 Å². The lowest BCUT2D eigenvalue weighted by atomic mass is 10.5. The first kappa shape index (κ1) is 7.98. The minimum atomic E-state index is -0.353. The standard InChI is InChI=1S/C7H14O3/c1-4-8-6(2)10-7(3)5-9-7/h6H,4-5H2,1-3H3. The van der Waals surface area contributed by atoms with Gasteiger partial charge in [-0.2, -0.15) is 0 Å². The first-order valence-corrected chi connectivity index (χ1v) is 3.60. The van der Waals surface area contributed by atoms with Crippen molar-refractivity contribution < 1.29 is 14.2 Å². The summed E-state index contributed by atoms with van der Waals surface area (Å²) in [6.07, 6.45) is -0.155. The fourth-order valence-corrected chi connectivity index (χ4v) is 0.789. The van der Waals surface area contributed by atoms with E-state index in [1.54, 1.807) is 0 Å². The van der Waals surface area contributed by atoms with E-state index in [1.807, 2.05) is 20.8 Å². The lowest BCUT2D eigenvalue weighted by Gasteiger charge is -2.14. The first-order valence-electron chi connectivity index (χ1n) is 3.60. The van der Waals surface area contributed by atoms with Crippen LogP contribution in [0.1, 0.15) is 20.8 Å².